The standard InChI is InChI=1S/C14H18N2O3/c1-5-16-11-9(7-6-8-10(11)17)15(4)12(18)14(2,3)13(16)19/h6-8,17H,5H2,1-4H3. The summed E-state index contributed by atoms with van der Waals surface area (Å²) in [5.74, 6) is -0.572. The molecule has 1 aliphatic rings. The van der Waals surface area contributed by atoms with E-state index in [1.165, 1.54) is 15.9 Å². The van der Waals surface area contributed by atoms with Crippen molar-refractivity contribution in [3.05, 3.63) is 18.2 Å². The fraction of sp³-hybridized carbons (Fsp3) is 0.429. The van der Waals surface area contributed by atoms with Crippen LogP contribution in [0.15, 0.2) is 18.2 Å². The highest BCUT2D eigenvalue weighted by atomic mass is 16.3. The van der Waals surface area contributed by atoms with E-state index in [1.807, 2.05) is 6.92 Å². The van der Waals surface area contributed by atoms with Crippen molar-refractivity contribution in [1.82, 2.24) is 0 Å². The number of benzene rings is 1. The van der Waals surface area contributed by atoms with Crippen molar-refractivity contribution in [2.45, 2.75) is 20.8 Å². The van der Waals surface area contributed by atoms with E-state index in [-0.39, 0.29) is 17.6 Å². The van der Waals surface area contributed by atoms with Gasteiger partial charge in [0.25, 0.3) is 0 Å². The lowest BCUT2D eigenvalue weighted by molar-refractivity contribution is -0.137. The van der Waals surface area contributed by atoms with Gasteiger partial charge in [-0.05, 0) is 32.9 Å². The average Bonchev–Trinajstić information content (AvgIpc) is 2.43. The van der Waals surface area contributed by atoms with E-state index in [4.69, 9.17) is 0 Å². The van der Waals surface area contributed by atoms with E-state index < -0.39 is 5.41 Å². The maximum absolute atomic E-state index is 12.5. The molecule has 0 aliphatic carbocycles. The van der Waals surface area contributed by atoms with E-state index >= 15 is 0 Å². The number of phenols is 1. The van der Waals surface area contributed by atoms with Gasteiger partial charge in [-0.3, -0.25) is 9.59 Å². The maximum atomic E-state index is 12.5. The van der Waals surface area contributed by atoms with E-state index in [0.29, 0.717) is 17.9 Å². The maximum Gasteiger partial charge on any atom is 0.242 e. The lowest BCUT2D eigenvalue weighted by Crippen LogP contribution is -2.47. The molecule has 1 N–H and O–H groups in total. The van der Waals surface area contributed by atoms with Gasteiger partial charge in [0.05, 0.1) is 5.69 Å². The predicted octanol–water partition coefficient (Wildman–Crippen LogP) is 1.75. The average molecular weight is 262 g/mol. The second-order valence-electron chi connectivity index (χ2n) is 5.18. The zero-order valence-electron chi connectivity index (χ0n) is 11.6. The third-order valence-corrected chi connectivity index (χ3v) is 3.56. The van der Waals surface area contributed by atoms with Crippen LogP contribution in [0.5, 0.6) is 5.75 Å². The molecule has 0 unspecified atom stereocenters. The molecule has 102 valence electrons. The van der Waals surface area contributed by atoms with Gasteiger partial charge in [0.1, 0.15) is 16.9 Å². The third-order valence-electron chi connectivity index (χ3n) is 3.56. The Hall–Kier alpha value is -2.04. The summed E-state index contributed by atoms with van der Waals surface area (Å²) in [5, 5.41) is 10.0. The van der Waals surface area contributed by atoms with Crippen molar-refractivity contribution < 1.29 is 14.7 Å². The number of phenolic OH excluding ortho intramolecular Hbond substituents is 1. The Bertz CT molecular complexity index is 552. The second kappa shape index (κ2) is 4.26. The van der Waals surface area contributed by atoms with Crippen LogP contribution in [-0.2, 0) is 9.59 Å². The van der Waals surface area contributed by atoms with Crippen molar-refractivity contribution in [2.75, 3.05) is 23.4 Å². The van der Waals surface area contributed by atoms with E-state index in [2.05, 4.69) is 0 Å². The number of amides is 2. The van der Waals surface area contributed by atoms with E-state index in [9.17, 15) is 14.7 Å². The van der Waals surface area contributed by atoms with Gasteiger partial charge in [0.15, 0.2) is 0 Å². The first kappa shape index (κ1) is 13.4. The summed E-state index contributed by atoms with van der Waals surface area (Å²) in [6, 6.07) is 4.91. The van der Waals surface area contributed by atoms with Crippen molar-refractivity contribution in [3.8, 4) is 5.75 Å². The fourth-order valence-corrected chi connectivity index (χ4v) is 2.43. The molecule has 1 aromatic carbocycles. The van der Waals surface area contributed by atoms with Crippen LogP contribution in [0, 0.1) is 5.41 Å². The third kappa shape index (κ3) is 1.77. The van der Waals surface area contributed by atoms with E-state index in [1.54, 1.807) is 33.0 Å². The van der Waals surface area contributed by atoms with Gasteiger partial charge in [0, 0.05) is 13.6 Å². The van der Waals surface area contributed by atoms with Crippen LogP contribution in [0.1, 0.15) is 20.8 Å². The van der Waals surface area contributed by atoms with Gasteiger partial charge in [-0.1, -0.05) is 6.07 Å². The van der Waals surface area contributed by atoms with Crippen molar-refractivity contribution in [1.29, 1.82) is 0 Å². The number of hydrogen-bond acceptors (Lipinski definition) is 3. The van der Waals surface area contributed by atoms with Gasteiger partial charge in [0.2, 0.25) is 11.8 Å². The highest BCUT2D eigenvalue weighted by Gasteiger charge is 2.45. The van der Waals surface area contributed by atoms with Crippen LogP contribution >= 0.6 is 0 Å². The number of anilines is 2. The number of carbonyl (C=O) groups excluding carboxylic acids is 2. The zero-order valence-corrected chi connectivity index (χ0v) is 11.6. The molecule has 0 saturated heterocycles. The molecule has 19 heavy (non-hydrogen) atoms. The number of hydrogen-bond donors (Lipinski definition) is 1. The summed E-state index contributed by atoms with van der Waals surface area (Å²) in [6.45, 7) is 5.44. The SMILES string of the molecule is CCN1C(=O)C(C)(C)C(=O)N(C)c2cccc(O)c21. The molecular weight excluding hydrogens is 244 g/mol. The summed E-state index contributed by atoms with van der Waals surface area (Å²) in [4.78, 5) is 27.8. The highest BCUT2D eigenvalue weighted by Crippen LogP contribution is 2.42. The lowest BCUT2D eigenvalue weighted by Gasteiger charge is -2.27. The predicted molar refractivity (Wildman–Crippen MR) is 73.3 cm³/mol. The molecule has 0 aromatic heterocycles. The Kier molecular flexibility index (Phi) is 3.00. The number of nitrogens with zero attached hydrogens (tertiary/aromatic N) is 2. The molecule has 2 rings (SSSR count). The van der Waals surface area contributed by atoms with Gasteiger partial charge in [-0.15, -0.1) is 0 Å². The quantitative estimate of drug-likeness (QED) is 0.784. The number of fused-ring (bicyclic) bond motifs is 1. The van der Waals surface area contributed by atoms with Gasteiger partial charge in [-0.2, -0.15) is 0 Å². The summed E-state index contributed by atoms with van der Waals surface area (Å²) in [5.41, 5.74) is -0.196. The normalized spacial score (nSPS) is 18.3. The van der Waals surface area contributed by atoms with Gasteiger partial charge >= 0.3 is 0 Å². The van der Waals surface area contributed by atoms with Crippen molar-refractivity contribution in [2.24, 2.45) is 5.41 Å². The fourth-order valence-electron chi connectivity index (χ4n) is 2.43. The smallest absolute Gasteiger partial charge is 0.242 e. The number of para-hydroxylation sites is 1. The van der Waals surface area contributed by atoms with Crippen LogP contribution in [0.25, 0.3) is 0 Å². The molecule has 2 amide bonds. The highest BCUT2D eigenvalue weighted by molar-refractivity contribution is 6.20. The molecule has 0 saturated carbocycles. The Morgan fingerprint density at radius 1 is 1.21 bits per heavy atom. The molecule has 5 nitrogen and oxygen atoms in total. The Labute approximate surface area is 112 Å². The largest absolute Gasteiger partial charge is 0.506 e. The van der Waals surface area contributed by atoms with Crippen LogP contribution < -0.4 is 9.80 Å². The Balaban J connectivity index is 2.76. The Morgan fingerprint density at radius 3 is 2.42 bits per heavy atom. The van der Waals surface area contributed by atoms with Crippen LogP contribution in [-0.4, -0.2) is 30.5 Å². The molecule has 0 bridgehead atoms. The van der Waals surface area contributed by atoms with Gasteiger partial charge < -0.3 is 14.9 Å². The van der Waals surface area contributed by atoms with Crippen molar-refractivity contribution >= 4 is 23.2 Å². The second-order valence-corrected chi connectivity index (χ2v) is 5.18. The van der Waals surface area contributed by atoms with Gasteiger partial charge in [-0.25, -0.2) is 0 Å². The van der Waals surface area contributed by atoms with Crippen LogP contribution in [0.4, 0.5) is 11.4 Å². The molecule has 0 spiro atoms. The number of aromatic hydroxyl groups is 1. The molecule has 1 aliphatic heterocycles. The molecule has 0 atom stereocenters. The number of rotatable bonds is 1. The first-order valence-corrected chi connectivity index (χ1v) is 6.24. The topological polar surface area (TPSA) is 60.9 Å². The molecule has 5 heteroatoms. The molecule has 1 heterocycles. The molecular formula is C14H18N2O3. The minimum atomic E-state index is -1.14. The molecule has 0 fully saturated rings. The minimum Gasteiger partial charge on any atom is -0.506 e. The first-order valence-electron chi connectivity index (χ1n) is 6.24. The summed E-state index contributed by atoms with van der Waals surface area (Å²) >= 11 is 0. The summed E-state index contributed by atoms with van der Waals surface area (Å²) in [6.07, 6.45) is 0. The summed E-state index contributed by atoms with van der Waals surface area (Å²) in [7, 11) is 1.62. The number of carbonyl (C=O) groups is 2. The minimum absolute atomic E-state index is 0.00468. The van der Waals surface area contributed by atoms with Crippen LogP contribution in [0.2, 0.25) is 0 Å². The van der Waals surface area contributed by atoms with Crippen molar-refractivity contribution in [3.63, 3.8) is 0 Å². The monoisotopic (exact) mass is 262 g/mol. The zero-order chi connectivity index (χ0) is 14.4. The first-order chi connectivity index (χ1) is 8.82. The van der Waals surface area contributed by atoms with E-state index in [0.717, 1.165) is 0 Å². The summed E-state index contributed by atoms with van der Waals surface area (Å²) < 4.78 is 0. The lowest BCUT2D eigenvalue weighted by atomic mass is 9.90. The van der Waals surface area contributed by atoms with Crippen LogP contribution in [0.3, 0.4) is 0 Å². The molecule has 0 radical (unpaired) electrons. The molecule has 1 aromatic rings. The Morgan fingerprint density at radius 2 is 1.84 bits per heavy atom.